The number of carbonyl (C=O) groups excluding carboxylic acids is 1. The Balaban J connectivity index is 1.49. The molecule has 29 heavy (non-hydrogen) atoms. The van der Waals surface area contributed by atoms with E-state index in [1.807, 2.05) is 42.2 Å². The van der Waals surface area contributed by atoms with Gasteiger partial charge in [0.05, 0.1) is 20.1 Å². The second-order valence-corrected chi connectivity index (χ2v) is 7.50. The number of ether oxygens (including phenoxy) is 2. The van der Waals surface area contributed by atoms with Crippen LogP contribution in [0.3, 0.4) is 0 Å². The lowest BCUT2D eigenvalue weighted by Gasteiger charge is -2.35. The highest BCUT2D eigenvalue weighted by Gasteiger charge is 2.22. The quantitative estimate of drug-likeness (QED) is 0.714. The van der Waals surface area contributed by atoms with Gasteiger partial charge in [-0.05, 0) is 19.1 Å². The van der Waals surface area contributed by atoms with Gasteiger partial charge in [-0.3, -0.25) is 4.79 Å². The summed E-state index contributed by atoms with van der Waals surface area (Å²) in [6.07, 6.45) is 0.349. The van der Waals surface area contributed by atoms with Crippen LogP contribution < -0.4 is 14.4 Å². The number of piperazine rings is 1. The Bertz CT molecular complexity index is 833. The number of aryl methyl sites for hydroxylation is 1. The SMILES string of the molecule is COc1ccccc1OCCC(=O)N1CCN(c2cc(C)nc(C(C)C)n2)CC1. The van der Waals surface area contributed by atoms with Crippen LogP contribution in [-0.4, -0.2) is 60.7 Å². The molecule has 1 saturated heterocycles. The molecule has 0 N–H and O–H groups in total. The second-order valence-electron chi connectivity index (χ2n) is 7.50. The maximum absolute atomic E-state index is 12.6. The van der Waals surface area contributed by atoms with E-state index < -0.39 is 0 Å². The van der Waals surface area contributed by atoms with Crippen LogP contribution in [0.2, 0.25) is 0 Å². The lowest BCUT2D eigenvalue weighted by molar-refractivity contribution is -0.132. The molecule has 7 nitrogen and oxygen atoms in total. The smallest absolute Gasteiger partial charge is 0.226 e. The van der Waals surface area contributed by atoms with E-state index in [4.69, 9.17) is 14.5 Å². The van der Waals surface area contributed by atoms with Crippen molar-refractivity contribution in [2.75, 3.05) is 44.8 Å². The Morgan fingerprint density at radius 1 is 1.10 bits per heavy atom. The molecule has 1 aliphatic heterocycles. The highest BCUT2D eigenvalue weighted by atomic mass is 16.5. The van der Waals surface area contributed by atoms with Crippen molar-refractivity contribution in [3.05, 3.63) is 41.9 Å². The lowest BCUT2D eigenvalue weighted by atomic mass is 10.2. The van der Waals surface area contributed by atoms with Crippen LogP contribution in [0.4, 0.5) is 5.82 Å². The van der Waals surface area contributed by atoms with Gasteiger partial charge in [-0.2, -0.15) is 0 Å². The second kappa shape index (κ2) is 9.58. The van der Waals surface area contributed by atoms with Crippen LogP contribution in [0.1, 0.15) is 37.7 Å². The summed E-state index contributed by atoms with van der Waals surface area (Å²) >= 11 is 0. The topological polar surface area (TPSA) is 67.8 Å². The third-order valence-electron chi connectivity index (χ3n) is 4.97. The fraction of sp³-hybridized carbons (Fsp3) is 0.500. The molecule has 1 fully saturated rings. The standard InChI is InChI=1S/C22H30N4O3/c1-16(2)22-23-17(3)15-20(24-22)25-10-12-26(13-11-25)21(27)9-14-29-19-8-6-5-7-18(19)28-4/h5-8,15-16H,9-14H2,1-4H3. The summed E-state index contributed by atoms with van der Waals surface area (Å²) in [6, 6.07) is 9.48. The molecule has 7 heteroatoms. The van der Waals surface area contributed by atoms with Gasteiger partial charge in [0, 0.05) is 43.9 Å². The summed E-state index contributed by atoms with van der Waals surface area (Å²) in [4.78, 5) is 25.9. The van der Waals surface area contributed by atoms with Gasteiger partial charge in [-0.15, -0.1) is 0 Å². The molecule has 0 spiro atoms. The minimum atomic E-state index is 0.112. The first kappa shape index (κ1) is 20.9. The van der Waals surface area contributed by atoms with Gasteiger partial charge in [0.25, 0.3) is 0 Å². The molecular weight excluding hydrogens is 368 g/mol. The molecule has 1 aromatic heterocycles. The summed E-state index contributed by atoms with van der Waals surface area (Å²) in [5.41, 5.74) is 0.977. The Hall–Kier alpha value is -2.83. The number of carbonyl (C=O) groups is 1. The van der Waals surface area contributed by atoms with E-state index in [2.05, 4.69) is 23.7 Å². The van der Waals surface area contributed by atoms with Crippen molar-refractivity contribution in [2.24, 2.45) is 0 Å². The predicted octanol–water partition coefficient (Wildman–Crippen LogP) is 3.03. The highest BCUT2D eigenvalue weighted by molar-refractivity contribution is 5.76. The Morgan fingerprint density at radius 2 is 1.79 bits per heavy atom. The zero-order valence-corrected chi connectivity index (χ0v) is 17.7. The van der Waals surface area contributed by atoms with Gasteiger partial charge < -0.3 is 19.3 Å². The molecule has 3 rings (SSSR count). The normalized spacial score (nSPS) is 14.2. The molecule has 0 bridgehead atoms. The van der Waals surface area contributed by atoms with Gasteiger partial charge in [-0.25, -0.2) is 9.97 Å². The maximum Gasteiger partial charge on any atom is 0.226 e. The molecule has 1 aliphatic rings. The van der Waals surface area contributed by atoms with E-state index in [1.54, 1.807) is 7.11 Å². The van der Waals surface area contributed by atoms with Crippen molar-refractivity contribution in [3.63, 3.8) is 0 Å². The van der Waals surface area contributed by atoms with Crippen LogP contribution >= 0.6 is 0 Å². The average Bonchev–Trinajstić information content (AvgIpc) is 2.73. The first-order valence-corrected chi connectivity index (χ1v) is 10.1. The van der Waals surface area contributed by atoms with E-state index in [9.17, 15) is 4.79 Å². The minimum absolute atomic E-state index is 0.112. The van der Waals surface area contributed by atoms with E-state index in [-0.39, 0.29) is 5.91 Å². The van der Waals surface area contributed by atoms with Crippen LogP contribution in [0, 0.1) is 6.92 Å². The predicted molar refractivity (Wildman–Crippen MR) is 113 cm³/mol. The van der Waals surface area contributed by atoms with Crippen LogP contribution in [0.5, 0.6) is 11.5 Å². The zero-order valence-electron chi connectivity index (χ0n) is 17.7. The summed E-state index contributed by atoms with van der Waals surface area (Å²) in [5.74, 6) is 3.56. The molecule has 0 aliphatic carbocycles. The number of hydrogen-bond acceptors (Lipinski definition) is 6. The van der Waals surface area contributed by atoms with E-state index in [0.717, 1.165) is 30.4 Å². The van der Waals surface area contributed by atoms with Gasteiger partial charge in [0.15, 0.2) is 11.5 Å². The number of nitrogens with zero attached hydrogens (tertiary/aromatic N) is 4. The number of rotatable bonds is 7. The van der Waals surface area contributed by atoms with Crippen molar-refractivity contribution in [2.45, 2.75) is 33.1 Å². The lowest BCUT2D eigenvalue weighted by Crippen LogP contribution is -2.49. The minimum Gasteiger partial charge on any atom is -0.493 e. The third-order valence-corrected chi connectivity index (χ3v) is 4.97. The summed E-state index contributed by atoms with van der Waals surface area (Å²) in [6.45, 7) is 9.45. The Morgan fingerprint density at radius 3 is 2.45 bits per heavy atom. The molecule has 0 atom stereocenters. The fourth-order valence-corrected chi connectivity index (χ4v) is 3.32. The number of methoxy groups -OCH3 is 1. The van der Waals surface area contributed by atoms with Crippen molar-refractivity contribution >= 4 is 11.7 Å². The van der Waals surface area contributed by atoms with Crippen molar-refractivity contribution < 1.29 is 14.3 Å². The molecule has 0 saturated carbocycles. The number of aromatic nitrogens is 2. The number of para-hydroxylation sites is 2. The monoisotopic (exact) mass is 398 g/mol. The van der Waals surface area contributed by atoms with Crippen molar-refractivity contribution in [1.29, 1.82) is 0 Å². The molecule has 1 amide bonds. The average molecular weight is 399 g/mol. The van der Waals surface area contributed by atoms with Crippen LogP contribution in [0.15, 0.2) is 30.3 Å². The first-order chi connectivity index (χ1) is 14.0. The number of amides is 1. The zero-order chi connectivity index (χ0) is 20.8. The first-order valence-electron chi connectivity index (χ1n) is 10.1. The molecule has 0 unspecified atom stereocenters. The molecule has 0 radical (unpaired) electrons. The molecule has 156 valence electrons. The molecule has 2 aromatic rings. The number of anilines is 1. The van der Waals surface area contributed by atoms with E-state index >= 15 is 0 Å². The van der Waals surface area contributed by atoms with Crippen molar-refractivity contribution in [3.8, 4) is 11.5 Å². The third kappa shape index (κ3) is 5.37. The largest absolute Gasteiger partial charge is 0.493 e. The summed E-state index contributed by atoms with van der Waals surface area (Å²) in [7, 11) is 1.61. The van der Waals surface area contributed by atoms with Crippen LogP contribution in [-0.2, 0) is 4.79 Å². The Kier molecular flexibility index (Phi) is 6.90. The van der Waals surface area contributed by atoms with Gasteiger partial charge in [-0.1, -0.05) is 26.0 Å². The molecule has 1 aromatic carbocycles. The van der Waals surface area contributed by atoms with Gasteiger partial charge in [0.1, 0.15) is 11.6 Å². The van der Waals surface area contributed by atoms with Gasteiger partial charge >= 0.3 is 0 Å². The van der Waals surface area contributed by atoms with E-state index in [0.29, 0.717) is 43.5 Å². The summed E-state index contributed by atoms with van der Waals surface area (Å²) < 4.78 is 11.0. The maximum atomic E-state index is 12.6. The summed E-state index contributed by atoms with van der Waals surface area (Å²) in [5, 5.41) is 0. The Labute approximate surface area is 172 Å². The fourth-order valence-electron chi connectivity index (χ4n) is 3.32. The van der Waals surface area contributed by atoms with Crippen LogP contribution in [0.25, 0.3) is 0 Å². The molecular formula is C22H30N4O3. The highest BCUT2D eigenvalue weighted by Crippen LogP contribution is 2.26. The van der Waals surface area contributed by atoms with E-state index in [1.165, 1.54) is 0 Å². The molecule has 2 heterocycles. The number of hydrogen-bond donors (Lipinski definition) is 0. The van der Waals surface area contributed by atoms with Crippen molar-refractivity contribution in [1.82, 2.24) is 14.9 Å². The van der Waals surface area contributed by atoms with Gasteiger partial charge in [0.2, 0.25) is 5.91 Å². The number of benzene rings is 1.